The van der Waals surface area contributed by atoms with Crippen molar-refractivity contribution >= 4 is 0 Å². The first-order valence-electron chi connectivity index (χ1n) is 5.34. The van der Waals surface area contributed by atoms with E-state index in [4.69, 9.17) is 9.47 Å². The molecule has 2 fully saturated rings. The molecule has 3 atom stereocenters. The van der Waals surface area contributed by atoms with Gasteiger partial charge in [0.25, 0.3) is 0 Å². The molecule has 2 heteroatoms. The summed E-state index contributed by atoms with van der Waals surface area (Å²) in [7, 11) is 0. The summed E-state index contributed by atoms with van der Waals surface area (Å²) in [4.78, 5) is 0. The zero-order valence-corrected chi connectivity index (χ0v) is 8.88. The summed E-state index contributed by atoms with van der Waals surface area (Å²) in [6.07, 6.45) is 4.97. The van der Waals surface area contributed by atoms with Gasteiger partial charge in [0, 0.05) is 0 Å². The van der Waals surface area contributed by atoms with E-state index in [-0.39, 0.29) is 5.60 Å². The highest BCUT2D eigenvalue weighted by Crippen LogP contribution is 2.39. The Labute approximate surface area is 80.6 Å². The van der Waals surface area contributed by atoms with Crippen molar-refractivity contribution in [2.75, 3.05) is 6.61 Å². The van der Waals surface area contributed by atoms with Crippen LogP contribution < -0.4 is 0 Å². The van der Waals surface area contributed by atoms with Crippen molar-refractivity contribution in [1.29, 1.82) is 0 Å². The number of epoxide rings is 1. The third-order valence-corrected chi connectivity index (χ3v) is 2.86. The van der Waals surface area contributed by atoms with Crippen LogP contribution in [0, 0.1) is 5.92 Å². The van der Waals surface area contributed by atoms with Crippen LogP contribution in [0.1, 0.15) is 40.0 Å². The molecule has 1 aliphatic heterocycles. The Balaban J connectivity index is 1.70. The summed E-state index contributed by atoms with van der Waals surface area (Å²) in [6, 6.07) is 0. The zero-order chi connectivity index (χ0) is 9.47. The molecule has 13 heavy (non-hydrogen) atoms. The van der Waals surface area contributed by atoms with E-state index in [0.29, 0.717) is 12.2 Å². The van der Waals surface area contributed by atoms with Gasteiger partial charge in [0.1, 0.15) is 0 Å². The van der Waals surface area contributed by atoms with Gasteiger partial charge in [-0.2, -0.15) is 0 Å². The van der Waals surface area contributed by atoms with Gasteiger partial charge in [0.2, 0.25) is 0 Å². The highest BCUT2D eigenvalue weighted by Gasteiger charge is 2.43. The van der Waals surface area contributed by atoms with E-state index in [0.717, 1.165) is 12.5 Å². The van der Waals surface area contributed by atoms with Crippen LogP contribution in [-0.4, -0.2) is 24.4 Å². The maximum Gasteiger partial charge on any atom is 0.0845 e. The Morgan fingerprint density at radius 3 is 2.62 bits per heavy atom. The van der Waals surface area contributed by atoms with E-state index in [9.17, 15) is 0 Å². The van der Waals surface area contributed by atoms with E-state index >= 15 is 0 Å². The minimum Gasteiger partial charge on any atom is -0.376 e. The maximum absolute atomic E-state index is 5.78. The van der Waals surface area contributed by atoms with E-state index in [2.05, 4.69) is 20.8 Å². The molecule has 1 saturated carbocycles. The predicted octanol–water partition coefficient (Wildman–Crippen LogP) is 2.37. The third kappa shape index (κ3) is 2.68. The quantitative estimate of drug-likeness (QED) is 0.614. The second-order valence-electron chi connectivity index (χ2n) is 5.32. The average Bonchev–Trinajstić information content (AvgIpc) is 2.76. The lowest BCUT2D eigenvalue weighted by molar-refractivity contribution is -0.0267. The summed E-state index contributed by atoms with van der Waals surface area (Å²) in [5.74, 6) is 0.739. The number of hydrogen-bond donors (Lipinski definition) is 0. The van der Waals surface area contributed by atoms with Gasteiger partial charge < -0.3 is 9.47 Å². The topological polar surface area (TPSA) is 21.8 Å². The molecule has 0 radical (unpaired) electrons. The first-order valence-corrected chi connectivity index (χ1v) is 5.34. The van der Waals surface area contributed by atoms with Crippen LogP contribution in [0.5, 0.6) is 0 Å². The Bertz CT molecular complexity index is 183. The molecule has 0 aromatic rings. The van der Waals surface area contributed by atoms with Crippen molar-refractivity contribution in [3.8, 4) is 0 Å². The van der Waals surface area contributed by atoms with E-state index in [1.54, 1.807) is 0 Å². The summed E-state index contributed by atoms with van der Waals surface area (Å²) in [6.45, 7) is 7.26. The van der Waals surface area contributed by atoms with E-state index in [1.165, 1.54) is 19.3 Å². The van der Waals surface area contributed by atoms with Crippen LogP contribution in [0.15, 0.2) is 0 Å². The fraction of sp³-hybridized carbons (Fsp3) is 1.00. The smallest absolute Gasteiger partial charge is 0.0845 e. The van der Waals surface area contributed by atoms with Crippen molar-refractivity contribution in [2.45, 2.75) is 57.8 Å². The molecule has 0 amide bonds. The second-order valence-corrected chi connectivity index (χ2v) is 5.32. The zero-order valence-electron chi connectivity index (χ0n) is 8.88. The van der Waals surface area contributed by atoms with Gasteiger partial charge in [0.15, 0.2) is 0 Å². The van der Waals surface area contributed by atoms with Crippen LogP contribution in [0.4, 0.5) is 0 Å². The number of fused-ring (bicyclic) bond motifs is 1. The largest absolute Gasteiger partial charge is 0.376 e. The van der Waals surface area contributed by atoms with Gasteiger partial charge in [-0.15, -0.1) is 0 Å². The summed E-state index contributed by atoms with van der Waals surface area (Å²) in [5, 5.41) is 0. The van der Waals surface area contributed by atoms with Crippen molar-refractivity contribution < 1.29 is 9.47 Å². The van der Waals surface area contributed by atoms with Gasteiger partial charge in [-0.05, 0) is 46.0 Å². The van der Waals surface area contributed by atoms with Crippen LogP contribution in [-0.2, 0) is 9.47 Å². The van der Waals surface area contributed by atoms with E-state index < -0.39 is 0 Å². The molecule has 0 aromatic heterocycles. The van der Waals surface area contributed by atoms with Gasteiger partial charge in [-0.1, -0.05) is 0 Å². The molecule has 2 aliphatic rings. The summed E-state index contributed by atoms with van der Waals surface area (Å²) >= 11 is 0. The molecule has 0 N–H and O–H groups in total. The van der Waals surface area contributed by atoms with Crippen molar-refractivity contribution in [1.82, 2.24) is 0 Å². The van der Waals surface area contributed by atoms with Crippen molar-refractivity contribution in [3.63, 3.8) is 0 Å². The molecule has 1 aliphatic carbocycles. The van der Waals surface area contributed by atoms with Crippen LogP contribution in [0.3, 0.4) is 0 Å². The molecule has 2 rings (SSSR count). The maximum atomic E-state index is 5.78. The van der Waals surface area contributed by atoms with Gasteiger partial charge in [-0.25, -0.2) is 0 Å². The SMILES string of the molecule is CC(C)(C)OCC1CCC2OC2C1. The van der Waals surface area contributed by atoms with Crippen LogP contribution in [0.25, 0.3) is 0 Å². The summed E-state index contributed by atoms with van der Waals surface area (Å²) in [5.41, 5.74) is 0.0151. The monoisotopic (exact) mass is 184 g/mol. The number of rotatable bonds is 2. The Hall–Kier alpha value is -0.0800. The number of ether oxygens (including phenoxy) is 2. The minimum absolute atomic E-state index is 0.0151. The molecule has 1 saturated heterocycles. The molecular weight excluding hydrogens is 164 g/mol. The Kier molecular flexibility index (Phi) is 2.37. The first-order chi connectivity index (χ1) is 6.04. The highest BCUT2D eigenvalue weighted by atomic mass is 16.6. The lowest BCUT2D eigenvalue weighted by atomic mass is 9.90. The molecule has 0 aromatic carbocycles. The normalized spacial score (nSPS) is 38.5. The Morgan fingerprint density at radius 1 is 1.23 bits per heavy atom. The van der Waals surface area contributed by atoms with Crippen molar-refractivity contribution in [2.24, 2.45) is 5.92 Å². The molecular formula is C11H20O2. The molecule has 0 spiro atoms. The standard InChI is InChI=1S/C11H20O2/c1-11(2,3)12-7-8-4-5-9-10(6-8)13-9/h8-10H,4-7H2,1-3H3. The lowest BCUT2D eigenvalue weighted by Crippen LogP contribution is -2.26. The fourth-order valence-electron chi connectivity index (χ4n) is 2.01. The van der Waals surface area contributed by atoms with Gasteiger partial charge >= 0.3 is 0 Å². The molecule has 3 unspecified atom stereocenters. The van der Waals surface area contributed by atoms with Crippen molar-refractivity contribution in [3.05, 3.63) is 0 Å². The lowest BCUT2D eigenvalue weighted by Gasteiger charge is -2.25. The van der Waals surface area contributed by atoms with E-state index in [1.807, 2.05) is 0 Å². The minimum atomic E-state index is 0.0151. The van der Waals surface area contributed by atoms with Crippen LogP contribution in [0.2, 0.25) is 0 Å². The first kappa shape index (κ1) is 9.47. The molecule has 76 valence electrons. The van der Waals surface area contributed by atoms with Gasteiger partial charge in [-0.3, -0.25) is 0 Å². The second kappa shape index (κ2) is 3.25. The fourth-order valence-corrected chi connectivity index (χ4v) is 2.01. The highest BCUT2D eigenvalue weighted by molar-refractivity contribution is 4.91. The Morgan fingerprint density at radius 2 is 2.00 bits per heavy atom. The third-order valence-electron chi connectivity index (χ3n) is 2.86. The molecule has 1 heterocycles. The average molecular weight is 184 g/mol. The molecule has 0 bridgehead atoms. The number of hydrogen-bond acceptors (Lipinski definition) is 2. The molecule has 2 nitrogen and oxygen atoms in total. The van der Waals surface area contributed by atoms with Gasteiger partial charge in [0.05, 0.1) is 24.4 Å². The predicted molar refractivity (Wildman–Crippen MR) is 51.7 cm³/mol. The summed E-state index contributed by atoms with van der Waals surface area (Å²) < 4.78 is 11.3. The van der Waals surface area contributed by atoms with Crippen LogP contribution >= 0.6 is 0 Å².